The number of nitrogens with one attached hydrogen (secondary N) is 1. The fraction of sp³-hybridized carbons (Fsp3) is 0.409. The number of aliphatic hydroxyl groups is 1. The highest BCUT2D eigenvalue weighted by molar-refractivity contribution is 8.00. The molecule has 1 amide bonds. The second-order valence-corrected chi connectivity index (χ2v) is 9.14. The topological polar surface area (TPSA) is 49.3 Å². The Bertz CT molecular complexity index is 872. The lowest BCUT2D eigenvalue weighted by Gasteiger charge is -2.25. The molecule has 0 bridgehead atoms. The van der Waals surface area contributed by atoms with E-state index in [4.69, 9.17) is 11.6 Å². The molecule has 0 fully saturated rings. The summed E-state index contributed by atoms with van der Waals surface area (Å²) in [6.07, 6.45) is 2.21. The number of anilines is 1. The van der Waals surface area contributed by atoms with Crippen molar-refractivity contribution in [3.8, 4) is 0 Å². The molecular weight excluding hydrogens is 435 g/mol. The minimum atomic E-state index is -1.59. The molecule has 2 N–H and O–H groups in total. The van der Waals surface area contributed by atoms with E-state index < -0.39 is 29.5 Å². The van der Waals surface area contributed by atoms with Crippen LogP contribution < -0.4 is 5.32 Å². The molecule has 0 radical (unpaired) electrons. The van der Waals surface area contributed by atoms with Gasteiger partial charge in [0.25, 0.3) is 5.91 Å². The average molecular weight is 460 g/mol. The minimum absolute atomic E-state index is 0.149. The lowest BCUT2D eigenvalue weighted by molar-refractivity contribution is 0.102. The first-order valence-electron chi connectivity index (χ1n) is 9.72. The Morgan fingerprint density at radius 2 is 1.80 bits per heavy atom. The predicted octanol–water partition coefficient (Wildman–Crippen LogP) is 6.68. The molecule has 8 heteroatoms. The first-order valence-corrected chi connectivity index (χ1v) is 11.0. The SMILES string of the molecule is CCCC(CC(C)O)C(C)Sc1cc(C(=O)Nc2cc(F)c(F)c(F)c2)ccc1Cl. The maximum atomic E-state index is 13.4. The molecule has 0 heterocycles. The summed E-state index contributed by atoms with van der Waals surface area (Å²) in [5.41, 5.74) is 0.0654. The van der Waals surface area contributed by atoms with Crippen LogP contribution in [-0.4, -0.2) is 22.4 Å². The van der Waals surface area contributed by atoms with Gasteiger partial charge in [-0.25, -0.2) is 13.2 Å². The molecule has 0 aliphatic rings. The molecule has 0 aliphatic heterocycles. The highest BCUT2D eigenvalue weighted by atomic mass is 35.5. The summed E-state index contributed by atoms with van der Waals surface area (Å²) in [5.74, 6) is -4.68. The zero-order valence-corrected chi connectivity index (χ0v) is 18.6. The van der Waals surface area contributed by atoms with Gasteiger partial charge in [-0.05, 0) is 43.9 Å². The van der Waals surface area contributed by atoms with Crippen molar-refractivity contribution in [2.45, 2.75) is 56.3 Å². The van der Waals surface area contributed by atoms with Crippen LogP contribution in [0.25, 0.3) is 0 Å². The lowest BCUT2D eigenvalue weighted by Crippen LogP contribution is -2.19. The van der Waals surface area contributed by atoms with Gasteiger partial charge in [-0.2, -0.15) is 0 Å². The van der Waals surface area contributed by atoms with Crippen molar-refractivity contribution in [3.63, 3.8) is 0 Å². The molecule has 30 heavy (non-hydrogen) atoms. The summed E-state index contributed by atoms with van der Waals surface area (Å²) < 4.78 is 39.8. The Morgan fingerprint density at radius 3 is 2.37 bits per heavy atom. The van der Waals surface area contributed by atoms with Gasteiger partial charge in [-0.1, -0.05) is 31.9 Å². The number of carbonyl (C=O) groups is 1. The molecule has 3 atom stereocenters. The summed E-state index contributed by atoms with van der Waals surface area (Å²) in [7, 11) is 0. The first-order chi connectivity index (χ1) is 14.1. The molecule has 164 valence electrons. The van der Waals surface area contributed by atoms with E-state index in [2.05, 4.69) is 19.2 Å². The van der Waals surface area contributed by atoms with E-state index in [0.29, 0.717) is 16.3 Å². The zero-order chi connectivity index (χ0) is 22.4. The van der Waals surface area contributed by atoms with Crippen LogP contribution >= 0.6 is 23.4 Å². The quantitative estimate of drug-likeness (QED) is 0.325. The van der Waals surface area contributed by atoms with Gasteiger partial charge in [-0.15, -0.1) is 11.8 Å². The van der Waals surface area contributed by atoms with Gasteiger partial charge in [-0.3, -0.25) is 4.79 Å². The van der Waals surface area contributed by atoms with Crippen molar-refractivity contribution >= 4 is 35.0 Å². The van der Waals surface area contributed by atoms with Gasteiger partial charge in [0.05, 0.1) is 11.1 Å². The molecule has 0 aromatic heterocycles. The van der Waals surface area contributed by atoms with Crippen molar-refractivity contribution in [1.82, 2.24) is 0 Å². The average Bonchev–Trinajstić information content (AvgIpc) is 2.67. The summed E-state index contributed by atoms with van der Waals surface area (Å²) in [6.45, 7) is 5.91. The summed E-state index contributed by atoms with van der Waals surface area (Å²) in [4.78, 5) is 13.2. The Hall–Kier alpha value is -1.70. The smallest absolute Gasteiger partial charge is 0.255 e. The highest BCUT2D eigenvalue weighted by Gasteiger charge is 2.21. The number of benzene rings is 2. The van der Waals surface area contributed by atoms with Gasteiger partial charge in [0, 0.05) is 33.5 Å². The molecular formula is C22H25ClF3NO2S. The van der Waals surface area contributed by atoms with E-state index >= 15 is 0 Å². The third-order valence-corrected chi connectivity index (χ3v) is 6.51. The van der Waals surface area contributed by atoms with Gasteiger partial charge in [0.2, 0.25) is 0 Å². The number of thioether (sulfide) groups is 1. The Labute approximate surface area is 184 Å². The number of halogens is 4. The van der Waals surface area contributed by atoms with Crippen LogP contribution in [0.5, 0.6) is 0 Å². The normalized spacial score (nSPS) is 14.3. The lowest BCUT2D eigenvalue weighted by atomic mass is 9.94. The molecule has 3 unspecified atom stereocenters. The summed E-state index contributed by atoms with van der Waals surface area (Å²) in [6, 6.07) is 6.13. The molecule has 2 rings (SSSR count). The van der Waals surface area contributed by atoms with E-state index in [9.17, 15) is 23.1 Å². The number of hydrogen-bond acceptors (Lipinski definition) is 3. The molecule has 0 saturated carbocycles. The van der Waals surface area contributed by atoms with E-state index in [1.165, 1.54) is 17.8 Å². The maximum absolute atomic E-state index is 13.4. The maximum Gasteiger partial charge on any atom is 0.255 e. The third-order valence-electron chi connectivity index (χ3n) is 4.72. The van der Waals surface area contributed by atoms with Gasteiger partial charge in [0.15, 0.2) is 17.5 Å². The monoisotopic (exact) mass is 459 g/mol. The third kappa shape index (κ3) is 6.65. The second-order valence-electron chi connectivity index (χ2n) is 7.31. The van der Waals surface area contributed by atoms with Crippen LogP contribution in [0.4, 0.5) is 18.9 Å². The Kier molecular flexibility index (Phi) is 9.07. The van der Waals surface area contributed by atoms with Crippen molar-refractivity contribution in [3.05, 3.63) is 58.4 Å². The Balaban J connectivity index is 2.18. The van der Waals surface area contributed by atoms with Crippen LogP contribution in [0, 0.1) is 23.4 Å². The van der Waals surface area contributed by atoms with Crippen LogP contribution in [0.2, 0.25) is 5.02 Å². The fourth-order valence-electron chi connectivity index (χ4n) is 3.22. The fourth-order valence-corrected chi connectivity index (χ4v) is 4.68. The largest absolute Gasteiger partial charge is 0.393 e. The van der Waals surface area contributed by atoms with Gasteiger partial charge >= 0.3 is 0 Å². The van der Waals surface area contributed by atoms with E-state index in [-0.39, 0.29) is 22.4 Å². The predicted molar refractivity (Wildman–Crippen MR) is 116 cm³/mol. The van der Waals surface area contributed by atoms with Crippen LogP contribution in [0.15, 0.2) is 35.2 Å². The second kappa shape index (κ2) is 11.1. The van der Waals surface area contributed by atoms with E-state index in [1.807, 2.05) is 0 Å². The van der Waals surface area contributed by atoms with Crippen LogP contribution in [-0.2, 0) is 0 Å². The molecule has 0 spiro atoms. The van der Waals surface area contributed by atoms with E-state index in [0.717, 1.165) is 25.0 Å². The number of amides is 1. The van der Waals surface area contributed by atoms with Crippen molar-refractivity contribution < 1.29 is 23.1 Å². The molecule has 2 aromatic rings. The highest BCUT2D eigenvalue weighted by Crippen LogP contribution is 2.37. The van der Waals surface area contributed by atoms with Gasteiger partial charge in [0.1, 0.15) is 0 Å². The first kappa shape index (κ1) is 24.6. The van der Waals surface area contributed by atoms with Crippen LogP contribution in [0.3, 0.4) is 0 Å². The number of hydrogen-bond donors (Lipinski definition) is 2. The minimum Gasteiger partial charge on any atom is -0.393 e. The standard InChI is InChI=1S/C22H25ClF3NO2S/c1-4-5-14(8-12(2)28)13(3)30-20-9-15(6-7-17(20)23)22(29)27-16-10-18(24)21(26)19(25)11-16/h6-7,9-14,28H,4-5,8H2,1-3H3,(H,27,29). The number of carbonyl (C=O) groups excluding carboxylic acids is 1. The zero-order valence-electron chi connectivity index (χ0n) is 17.0. The van der Waals surface area contributed by atoms with Crippen molar-refractivity contribution in [1.29, 1.82) is 0 Å². The summed E-state index contributed by atoms with van der Waals surface area (Å²) >= 11 is 7.82. The van der Waals surface area contributed by atoms with Crippen molar-refractivity contribution in [2.24, 2.45) is 5.92 Å². The van der Waals surface area contributed by atoms with Crippen molar-refractivity contribution in [2.75, 3.05) is 5.32 Å². The molecule has 0 aliphatic carbocycles. The molecule has 0 saturated heterocycles. The van der Waals surface area contributed by atoms with Gasteiger partial charge < -0.3 is 10.4 Å². The number of aliphatic hydroxyl groups excluding tert-OH is 1. The molecule has 2 aromatic carbocycles. The Morgan fingerprint density at radius 1 is 1.17 bits per heavy atom. The van der Waals surface area contributed by atoms with E-state index in [1.54, 1.807) is 19.1 Å². The number of rotatable bonds is 9. The summed E-state index contributed by atoms with van der Waals surface area (Å²) in [5, 5.41) is 12.8. The van der Waals surface area contributed by atoms with Crippen LogP contribution in [0.1, 0.15) is 50.4 Å². The molecule has 3 nitrogen and oxygen atoms in total.